The lowest BCUT2D eigenvalue weighted by molar-refractivity contribution is -0.669. The van der Waals surface area contributed by atoms with Gasteiger partial charge in [0.05, 0.1) is 4.88 Å². The zero-order valence-electron chi connectivity index (χ0n) is 15.6. The van der Waals surface area contributed by atoms with Crippen LogP contribution in [0.4, 0.5) is 4.39 Å². The van der Waals surface area contributed by atoms with Crippen molar-refractivity contribution in [1.29, 1.82) is 0 Å². The molecule has 1 N–H and O–H groups in total. The van der Waals surface area contributed by atoms with Crippen LogP contribution in [0.15, 0.2) is 59.8 Å². The summed E-state index contributed by atoms with van der Waals surface area (Å²) in [5.74, 6) is -0.981. The standard InChI is InChI=1S/C20H11ClFN5O2S2/c21-19-24-9-12(30-19)10-26-17(28)15(13-5-1-2-6-14(13)22)18(29)27-20(26)31-16(25-27)11-4-3-7-23-8-11/h1-9H,10H2/p+1. The van der Waals surface area contributed by atoms with Crippen molar-refractivity contribution in [2.45, 2.75) is 6.54 Å². The van der Waals surface area contributed by atoms with E-state index in [0.717, 1.165) is 10.4 Å². The molecule has 0 aliphatic rings. The summed E-state index contributed by atoms with van der Waals surface area (Å²) in [6, 6.07) is 9.38. The monoisotopic (exact) mass is 472 g/mol. The maximum Gasteiger partial charge on any atom is 0.375 e. The van der Waals surface area contributed by atoms with Crippen LogP contribution in [0.5, 0.6) is 5.88 Å². The topological polar surface area (TPSA) is 84.3 Å². The van der Waals surface area contributed by atoms with Gasteiger partial charge >= 0.3 is 10.5 Å². The normalized spacial score (nSPS) is 11.3. The SMILES string of the molecule is O=c1c(-c2ccccc2F)c(O)[n+](Cc2cnc(Cl)s2)c2sc(-c3cccnc3)nn12. The number of aromatic hydroxyl groups is 1. The molecule has 0 spiro atoms. The van der Waals surface area contributed by atoms with Gasteiger partial charge in [0, 0.05) is 29.7 Å². The fourth-order valence-corrected chi connectivity index (χ4v) is 5.15. The zero-order valence-corrected chi connectivity index (χ0v) is 18.0. The quantitative estimate of drug-likeness (QED) is 0.402. The van der Waals surface area contributed by atoms with Gasteiger partial charge in [0.2, 0.25) is 0 Å². The number of pyridine rings is 1. The van der Waals surface area contributed by atoms with Gasteiger partial charge in [-0.3, -0.25) is 4.98 Å². The third kappa shape index (κ3) is 3.48. The van der Waals surface area contributed by atoms with Gasteiger partial charge in [-0.1, -0.05) is 34.9 Å². The van der Waals surface area contributed by atoms with E-state index in [4.69, 9.17) is 11.6 Å². The Kier molecular flexibility index (Phi) is 4.97. The molecule has 0 saturated heterocycles. The minimum Gasteiger partial charge on any atom is -0.477 e. The van der Waals surface area contributed by atoms with Crippen molar-refractivity contribution >= 4 is 39.2 Å². The zero-order chi connectivity index (χ0) is 21.5. The van der Waals surface area contributed by atoms with E-state index in [1.807, 2.05) is 6.07 Å². The van der Waals surface area contributed by atoms with E-state index < -0.39 is 11.4 Å². The van der Waals surface area contributed by atoms with Crippen LogP contribution in [0, 0.1) is 5.82 Å². The van der Waals surface area contributed by atoms with Gasteiger partial charge in [0.25, 0.3) is 5.88 Å². The largest absolute Gasteiger partial charge is 0.477 e. The molecule has 4 aromatic heterocycles. The number of benzene rings is 1. The smallest absolute Gasteiger partial charge is 0.375 e. The van der Waals surface area contributed by atoms with Crippen molar-refractivity contribution in [2.24, 2.45) is 0 Å². The van der Waals surface area contributed by atoms with E-state index in [1.54, 1.807) is 30.7 Å². The molecule has 11 heteroatoms. The average Bonchev–Trinajstić information content (AvgIpc) is 3.40. The summed E-state index contributed by atoms with van der Waals surface area (Å²) in [6.07, 6.45) is 4.86. The minimum absolute atomic E-state index is 0.00795. The molecule has 0 aliphatic heterocycles. The molecule has 1 aromatic carbocycles. The van der Waals surface area contributed by atoms with Gasteiger partial charge in [-0.2, -0.15) is 4.57 Å². The second kappa shape index (κ2) is 7.80. The number of fused-ring (bicyclic) bond motifs is 1. The van der Waals surface area contributed by atoms with Crippen LogP contribution in [-0.2, 0) is 6.54 Å². The molecule has 0 atom stereocenters. The molecule has 31 heavy (non-hydrogen) atoms. The highest BCUT2D eigenvalue weighted by atomic mass is 35.5. The van der Waals surface area contributed by atoms with Gasteiger partial charge < -0.3 is 5.11 Å². The van der Waals surface area contributed by atoms with Crippen molar-refractivity contribution in [1.82, 2.24) is 19.6 Å². The number of hydrogen-bond acceptors (Lipinski definition) is 7. The molecule has 0 radical (unpaired) electrons. The second-order valence-corrected chi connectivity index (χ2v) is 9.15. The van der Waals surface area contributed by atoms with Gasteiger partial charge in [-0.05, 0) is 34.1 Å². The van der Waals surface area contributed by atoms with Gasteiger partial charge in [0.15, 0.2) is 15.0 Å². The summed E-state index contributed by atoms with van der Waals surface area (Å²) in [6.45, 7) is 0.177. The number of rotatable bonds is 4. The Morgan fingerprint density at radius 2 is 2.00 bits per heavy atom. The lowest BCUT2D eigenvalue weighted by Gasteiger charge is -2.07. The molecule has 5 aromatic rings. The van der Waals surface area contributed by atoms with Crippen LogP contribution in [0.3, 0.4) is 0 Å². The molecule has 0 saturated carbocycles. The summed E-state index contributed by atoms with van der Waals surface area (Å²) in [5, 5.41) is 16.1. The molecule has 7 nitrogen and oxygen atoms in total. The van der Waals surface area contributed by atoms with Crippen LogP contribution in [-0.4, -0.2) is 24.7 Å². The van der Waals surface area contributed by atoms with E-state index in [9.17, 15) is 14.3 Å². The van der Waals surface area contributed by atoms with Crippen LogP contribution in [0.1, 0.15) is 4.88 Å². The van der Waals surface area contributed by atoms with Crippen LogP contribution < -0.4 is 10.1 Å². The Labute approximate surface area is 187 Å². The molecule has 0 fully saturated rings. The van der Waals surface area contributed by atoms with Crippen LogP contribution >= 0.6 is 34.3 Å². The predicted molar refractivity (Wildman–Crippen MR) is 116 cm³/mol. The van der Waals surface area contributed by atoms with Crippen molar-refractivity contribution in [3.8, 4) is 27.6 Å². The summed E-state index contributed by atoms with van der Waals surface area (Å²) in [4.78, 5) is 22.5. The summed E-state index contributed by atoms with van der Waals surface area (Å²) >= 11 is 8.42. The van der Waals surface area contributed by atoms with Crippen molar-refractivity contribution in [3.05, 3.63) is 80.5 Å². The van der Waals surface area contributed by atoms with Crippen LogP contribution in [0.2, 0.25) is 4.47 Å². The Morgan fingerprint density at radius 3 is 2.71 bits per heavy atom. The highest BCUT2D eigenvalue weighted by Crippen LogP contribution is 2.30. The van der Waals surface area contributed by atoms with Gasteiger partial charge in [-0.15, -0.1) is 11.3 Å². The molecular formula is C20H12ClFN5O2S2+. The van der Waals surface area contributed by atoms with Crippen molar-refractivity contribution in [2.75, 3.05) is 0 Å². The Hall–Kier alpha value is -3.21. The Balaban J connectivity index is 1.82. The predicted octanol–water partition coefficient (Wildman–Crippen LogP) is 3.78. The van der Waals surface area contributed by atoms with Crippen molar-refractivity contribution < 1.29 is 14.1 Å². The highest BCUT2D eigenvalue weighted by Gasteiger charge is 2.30. The van der Waals surface area contributed by atoms with Gasteiger partial charge in [-0.25, -0.2) is 14.2 Å². The fraction of sp³-hybridized carbons (Fsp3) is 0.0500. The average molecular weight is 473 g/mol. The molecule has 5 rings (SSSR count). The maximum absolute atomic E-state index is 14.5. The summed E-state index contributed by atoms with van der Waals surface area (Å²) in [7, 11) is 0. The molecular weight excluding hydrogens is 461 g/mol. The van der Waals surface area contributed by atoms with Crippen LogP contribution in [0.25, 0.3) is 26.7 Å². The molecule has 4 heterocycles. The van der Waals surface area contributed by atoms with E-state index in [-0.39, 0.29) is 23.6 Å². The Morgan fingerprint density at radius 1 is 1.16 bits per heavy atom. The van der Waals surface area contributed by atoms with Gasteiger partial charge in [0.1, 0.15) is 12.4 Å². The molecule has 0 unspecified atom stereocenters. The lowest BCUT2D eigenvalue weighted by atomic mass is 10.1. The van der Waals surface area contributed by atoms with Crippen molar-refractivity contribution in [3.63, 3.8) is 0 Å². The number of hydrogen-bond donors (Lipinski definition) is 1. The molecule has 0 bridgehead atoms. The third-order valence-electron chi connectivity index (χ3n) is 4.57. The fourth-order valence-electron chi connectivity index (χ4n) is 3.17. The third-order valence-corrected chi connectivity index (χ3v) is 6.75. The molecule has 154 valence electrons. The first-order valence-corrected chi connectivity index (χ1v) is 11.0. The number of nitrogens with zero attached hydrogens (tertiary/aromatic N) is 5. The number of thiazole rings is 1. The maximum atomic E-state index is 14.5. The first kappa shape index (κ1) is 19.7. The number of halogens is 2. The molecule has 0 aliphatic carbocycles. The molecule has 0 amide bonds. The highest BCUT2D eigenvalue weighted by molar-refractivity contribution is 7.19. The van der Waals surface area contributed by atoms with E-state index in [0.29, 0.717) is 14.4 Å². The first-order valence-electron chi connectivity index (χ1n) is 8.97. The lowest BCUT2D eigenvalue weighted by Crippen LogP contribution is -2.40. The van der Waals surface area contributed by atoms with E-state index in [2.05, 4.69) is 15.1 Å². The minimum atomic E-state index is -0.623. The number of aromatic nitrogens is 5. The first-order chi connectivity index (χ1) is 15.0. The van der Waals surface area contributed by atoms with E-state index >= 15 is 0 Å². The summed E-state index contributed by atoms with van der Waals surface area (Å²) < 4.78 is 17.6. The second-order valence-electron chi connectivity index (χ2n) is 6.49. The van der Waals surface area contributed by atoms with E-state index in [1.165, 1.54) is 50.0 Å². The summed E-state index contributed by atoms with van der Waals surface area (Å²) in [5.41, 5.74) is -0.0850. The Bertz CT molecular complexity index is 1480.